The molecule has 0 aliphatic heterocycles. The van der Waals surface area contributed by atoms with Gasteiger partial charge in [0, 0.05) is 0 Å². The van der Waals surface area contributed by atoms with E-state index in [2.05, 4.69) is 6.92 Å². The maximum absolute atomic E-state index is 13.2. The van der Waals surface area contributed by atoms with Crippen LogP contribution in [0.1, 0.15) is 62.7 Å². The van der Waals surface area contributed by atoms with E-state index in [0.717, 1.165) is 24.8 Å². The third-order valence-corrected chi connectivity index (χ3v) is 3.03. The van der Waals surface area contributed by atoms with Gasteiger partial charge in [0.2, 0.25) is 0 Å². The number of benzene rings is 1. The molecule has 1 nitrogen and oxygen atoms in total. The first-order chi connectivity index (χ1) is 8.13. The zero-order chi connectivity index (χ0) is 12.7. The van der Waals surface area contributed by atoms with Crippen molar-refractivity contribution in [2.24, 2.45) is 0 Å². The third kappa shape index (κ3) is 5.31. The van der Waals surface area contributed by atoms with Crippen molar-refractivity contribution in [3.63, 3.8) is 0 Å². The molecule has 1 rings (SSSR count). The van der Waals surface area contributed by atoms with E-state index in [1.54, 1.807) is 0 Å². The summed E-state index contributed by atoms with van der Waals surface area (Å²) in [4.78, 5) is 0. The van der Waals surface area contributed by atoms with Crippen LogP contribution in [0.2, 0.25) is 0 Å². The monoisotopic (exact) mass is 238 g/mol. The summed E-state index contributed by atoms with van der Waals surface area (Å²) in [6, 6.07) is 4.78. The van der Waals surface area contributed by atoms with Crippen LogP contribution in [0.3, 0.4) is 0 Å². The van der Waals surface area contributed by atoms with E-state index in [9.17, 15) is 9.50 Å². The molecule has 0 aromatic heterocycles. The average Bonchev–Trinajstić information content (AvgIpc) is 2.27. The SMILES string of the molecule is CCCCCCCC(O)c1cc(C)cc(F)c1. The normalized spacial score (nSPS) is 12.7. The molecule has 0 amide bonds. The Kier molecular flexibility index (Phi) is 6.20. The highest BCUT2D eigenvalue weighted by Crippen LogP contribution is 2.22. The average molecular weight is 238 g/mol. The van der Waals surface area contributed by atoms with Gasteiger partial charge >= 0.3 is 0 Å². The standard InChI is InChI=1S/C15H23FO/c1-3-4-5-6-7-8-15(17)13-9-12(2)10-14(16)11-13/h9-11,15,17H,3-8H2,1-2H3. The number of hydrogen-bond donors (Lipinski definition) is 1. The van der Waals surface area contributed by atoms with Crippen LogP contribution >= 0.6 is 0 Å². The maximum Gasteiger partial charge on any atom is 0.123 e. The van der Waals surface area contributed by atoms with Gasteiger partial charge in [-0.15, -0.1) is 0 Å². The second kappa shape index (κ2) is 7.44. The predicted octanol–water partition coefficient (Wildman–Crippen LogP) is 4.53. The van der Waals surface area contributed by atoms with Crippen LogP contribution in [0.5, 0.6) is 0 Å². The molecule has 1 aromatic rings. The number of hydrogen-bond acceptors (Lipinski definition) is 1. The second-order valence-corrected chi connectivity index (χ2v) is 4.78. The Hall–Kier alpha value is -0.890. The van der Waals surface area contributed by atoms with Gasteiger partial charge in [-0.25, -0.2) is 4.39 Å². The fraction of sp³-hybridized carbons (Fsp3) is 0.600. The van der Waals surface area contributed by atoms with E-state index in [0.29, 0.717) is 5.56 Å². The highest BCUT2D eigenvalue weighted by Gasteiger charge is 2.08. The van der Waals surface area contributed by atoms with Gasteiger partial charge in [0.05, 0.1) is 6.10 Å². The first kappa shape index (κ1) is 14.2. The summed E-state index contributed by atoms with van der Waals surface area (Å²) in [5, 5.41) is 9.96. The summed E-state index contributed by atoms with van der Waals surface area (Å²) >= 11 is 0. The van der Waals surface area contributed by atoms with Crippen molar-refractivity contribution in [3.8, 4) is 0 Å². The van der Waals surface area contributed by atoms with E-state index < -0.39 is 6.10 Å². The first-order valence-corrected chi connectivity index (χ1v) is 6.58. The van der Waals surface area contributed by atoms with E-state index in [-0.39, 0.29) is 5.82 Å². The van der Waals surface area contributed by atoms with Crippen molar-refractivity contribution < 1.29 is 9.50 Å². The van der Waals surface area contributed by atoms with Crippen LogP contribution in [0, 0.1) is 12.7 Å². The van der Waals surface area contributed by atoms with Gasteiger partial charge in [0.25, 0.3) is 0 Å². The fourth-order valence-electron chi connectivity index (χ4n) is 2.06. The highest BCUT2D eigenvalue weighted by molar-refractivity contribution is 5.25. The van der Waals surface area contributed by atoms with Crippen molar-refractivity contribution in [1.82, 2.24) is 0 Å². The lowest BCUT2D eigenvalue weighted by atomic mass is 10.0. The molecule has 0 radical (unpaired) electrons. The zero-order valence-electron chi connectivity index (χ0n) is 10.9. The van der Waals surface area contributed by atoms with Crippen molar-refractivity contribution in [2.75, 3.05) is 0 Å². The minimum atomic E-state index is -0.522. The van der Waals surface area contributed by atoms with Gasteiger partial charge in [-0.05, 0) is 36.6 Å². The van der Waals surface area contributed by atoms with Gasteiger partial charge in [0.15, 0.2) is 0 Å². The number of halogens is 1. The number of aliphatic hydroxyl groups is 1. The molecule has 0 aliphatic carbocycles. The molecule has 0 fully saturated rings. The fourth-order valence-corrected chi connectivity index (χ4v) is 2.06. The Morgan fingerprint density at radius 2 is 1.82 bits per heavy atom. The Morgan fingerprint density at radius 3 is 2.47 bits per heavy atom. The van der Waals surface area contributed by atoms with Gasteiger partial charge in [-0.1, -0.05) is 45.1 Å². The van der Waals surface area contributed by atoms with E-state index in [1.165, 1.54) is 31.4 Å². The molecule has 1 unspecified atom stereocenters. The van der Waals surface area contributed by atoms with Crippen molar-refractivity contribution in [3.05, 3.63) is 35.1 Å². The van der Waals surface area contributed by atoms with Crippen LogP contribution in [0.4, 0.5) is 4.39 Å². The minimum Gasteiger partial charge on any atom is -0.388 e. The lowest BCUT2D eigenvalue weighted by molar-refractivity contribution is 0.163. The lowest BCUT2D eigenvalue weighted by Gasteiger charge is -2.11. The Balaban J connectivity index is 2.38. The van der Waals surface area contributed by atoms with E-state index in [1.807, 2.05) is 13.0 Å². The summed E-state index contributed by atoms with van der Waals surface area (Å²) in [5.74, 6) is -0.259. The molecule has 0 aliphatic rings. The summed E-state index contributed by atoms with van der Waals surface area (Å²) in [6.45, 7) is 4.03. The number of aryl methyl sites for hydroxylation is 1. The van der Waals surface area contributed by atoms with Crippen LogP contribution in [0.25, 0.3) is 0 Å². The van der Waals surface area contributed by atoms with Crippen LogP contribution in [-0.4, -0.2) is 5.11 Å². The molecule has 2 heteroatoms. The molecule has 17 heavy (non-hydrogen) atoms. The molecular weight excluding hydrogens is 215 g/mol. The summed E-state index contributed by atoms with van der Waals surface area (Å²) in [5.41, 5.74) is 1.57. The quantitative estimate of drug-likeness (QED) is 0.692. The minimum absolute atomic E-state index is 0.259. The molecule has 1 atom stereocenters. The molecule has 96 valence electrons. The summed E-state index contributed by atoms with van der Waals surface area (Å²) in [6.07, 6.45) is 6.08. The second-order valence-electron chi connectivity index (χ2n) is 4.78. The lowest BCUT2D eigenvalue weighted by Crippen LogP contribution is -1.99. The molecule has 0 spiro atoms. The van der Waals surface area contributed by atoms with Crippen molar-refractivity contribution >= 4 is 0 Å². The van der Waals surface area contributed by atoms with Gasteiger partial charge < -0.3 is 5.11 Å². The highest BCUT2D eigenvalue weighted by atomic mass is 19.1. The molecule has 0 heterocycles. The predicted molar refractivity (Wildman–Crippen MR) is 69.5 cm³/mol. The smallest absolute Gasteiger partial charge is 0.123 e. The third-order valence-electron chi connectivity index (χ3n) is 3.03. The summed E-state index contributed by atoms with van der Waals surface area (Å²) in [7, 11) is 0. The zero-order valence-corrected chi connectivity index (χ0v) is 10.9. The number of unbranched alkanes of at least 4 members (excludes halogenated alkanes) is 4. The van der Waals surface area contributed by atoms with E-state index in [4.69, 9.17) is 0 Å². The Labute approximate surface area is 104 Å². The van der Waals surface area contributed by atoms with Crippen molar-refractivity contribution in [1.29, 1.82) is 0 Å². The molecule has 0 bridgehead atoms. The van der Waals surface area contributed by atoms with Crippen LogP contribution in [0.15, 0.2) is 18.2 Å². The topological polar surface area (TPSA) is 20.2 Å². The molecule has 1 aromatic carbocycles. The largest absolute Gasteiger partial charge is 0.388 e. The first-order valence-electron chi connectivity index (χ1n) is 6.58. The van der Waals surface area contributed by atoms with Crippen LogP contribution < -0.4 is 0 Å². The molecule has 0 saturated carbocycles. The Bertz CT molecular complexity index is 315. The number of aliphatic hydroxyl groups excluding tert-OH is 1. The number of rotatable bonds is 7. The molecule has 0 saturated heterocycles. The maximum atomic E-state index is 13.2. The molecule has 1 N–H and O–H groups in total. The summed E-state index contributed by atoms with van der Waals surface area (Å²) < 4.78 is 13.2. The van der Waals surface area contributed by atoms with Gasteiger partial charge in [0.1, 0.15) is 5.82 Å². The molecular formula is C15H23FO. The van der Waals surface area contributed by atoms with Crippen molar-refractivity contribution in [2.45, 2.75) is 58.5 Å². The van der Waals surface area contributed by atoms with E-state index >= 15 is 0 Å². The van der Waals surface area contributed by atoms with Gasteiger partial charge in [-0.2, -0.15) is 0 Å². The van der Waals surface area contributed by atoms with Gasteiger partial charge in [-0.3, -0.25) is 0 Å². The van der Waals surface area contributed by atoms with Crippen LogP contribution in [-0.2, 0) is 0 Å². The Morgan fingerprint density at radius 1 is 1.12 bits per heavy atom.